The molecule has 5 nitrogen and oxygen atoms in total. The van der Waals surface area contributed by atoms with Crippen LogP contribution in [0.25, 0.3) is 0 Å². The first-order chi connectivity index (χ1) is 7.01. The monoisotopic (exact) mass is 209 g/mol. The van der Waals surface area contributed by atoms with Crippen molar-refractivity contribution < 1.29 is 0 Å². The molecule has 15 heavy (non-hydrogen) atoms. The van der Waals surface area contributed by atoms with Gasteiger partial charge in [-0.2, -0.15) is 0 Å². The standard InChI is InChI=1S/C10H19N5/c1-10(2,3)4-5-13-8-6-12-7-9(14-8)15-11/h6-7H,4-5,11H2,1-3H3,(H2,13,14,15). The Hall–Kier alpha value is -1.36. The van der Waals surface area contributed by atoms with Crippen molar-refractivity contribution in [1.82, 2.24) is 9.97 Å². The predicted molar refractivity (Wildman–Crippen MR) is 62.4 cm³/mol. The van der Waals surface area contributed by atoms with Gasteiger partial charge in [0.2, 0.25) is 0 Å². The molecule has 0 aliphatic rings. The van der Waals surface area contributed by atoms with E-state index in [4.69, 9.17) is 5.84 Å². The molecule has 0 saturated carbocycles. The lowest BCUT2D eigenvalue weighted by Gasteiger charge is -2.18. The predicted octanol–water partition coefficient (Wildman–Crippen LogP) is 1.61. The number of anilines is 2. The summed E-state index contributed by atoms with van der Waals surface area (Å²) < 4.78 is 0. The van der Waals surface area contributed by atoms with E-state index in [-0.39, 0.29) is 0 Å². The molecule has 1 aromatic heterocycles. The van der Waals surface area contributed by atoms with Crippen LogP contribution in [0.5, 0.6) is 0 Å². The molecule has 0 unspecified atom stereocenters. The normalized spacial score (nSPS) is 11.2. The highest BCUT2D eigenvalue weighted by molar-refractivity contribution is 5.40. The lowest BCUT2D eigenvalue weighted by Crippen LogP contribution is -2.14. The molecule has 84 valence electrons. The lowest BCUT2D eigenvalue weighted by atomic mass is 9.92. The molecule has 0 fully saturated rings. The quantitative estimate of drug-likeness (QED) is 0.519. The molecule has 0 aliphatic carbocycles. The van der Waals surface area contributed by atoms with Gasteiger partial charge >= 0.3 is 0 Å². The van der Waals surface area contributed by atoms with Crippen LogP contribution in [0.1, 0.15) is 27.2 Å². The maximum atomic E-state index is 5.24. The van der Waals surface area contributed by atoms with Crippen molar-refractivity contribution in [3.05, 3.63) is 12.4 Å². The van der Waals surface area contributed by atoms with E-state index in [1.807, 2.05) is 0 Å². The van der Waals surface area contributed by atoms with Crippen LogP contribution >= 0.6 is 0 Å². The van der Waals surface area contributed by atoms with Gasteiger partial charge < -0.3 is 10.7 Å². The molecule has 1 aromatic rings. The van der Waals surface area contributed by atoms with Gasteiger partial charge in [0.1, 0.15) is 5.82 Å². The van der Waals surface area contributed by atoms with Gasteiger partial charge in [-0.1, -0.05) is 20.8 Å². The maximum Gasteiger partial charge on any atom is 0.160 e. The molecule has 1 rings (SSSR count). The minimum absolute atomic E-state index is 0.324. The molecular formula is C10H19N5. The number of nitrogens with two attached hydrogens (primary N) is 1. The number of aromatic nitrogens is 2. The highest BCUT2D eigenvalue weighted by Gasteiger charge is 2.09. The van der Waals surface area contributed by atoms with E-state index in [1.54, 1.807) is 12.4 Å². The number of nitrogens with one attached hydrogen (secondary N) is 2. The fourth-order valence-electron chi connectivity index (χ4n) is 1.09. The topological polar surface area (TPSA) is 75.9 Å². The first-order valence-electron chi connectivity index (χ1n) is 5.04. The summed E-state index contributed by atoms with van der Waals surface area (Å²) in [5, 5.41) is 3.21. The molecule has 0 amide bonds. The van der Waals surface area contributed by atoms with E-state index in [1.165, 1.54) is 0 Å². The smallest absolute Gasteiger partial charge is 0.160 e. The third kappa shape index (κ3) is 4.60. The zero-order valence-electron chi connectivity index (χ0n) is 9.54. The Morgan fingerprint density at radius 3 is 2.53 bits per heavy atom. The summed E-state index contributed by atoms with van der Waals surface area (Å²) in [6, 6.07) is 0. The molecule has 0 aliphatic heterocycles. The summed E-state index contributed by atoms with van der Waals surface area (Å²) in [5.74, 6) is 6.55. The average Bonchev–Trinajstić information content (AvgIpc) is 2.16. The van der Waals surface area contributed by atoms with Crippen LogP contribution in [0.3, 0.4) is 0 Å². The molecule has 0 aromatic carbocycles. The van der Waals surface area contributed by atoms with Gasteiger partial charge in [0.05, 0.1) is 12.4 Å². The third-order valence-electron chi connectivity index (χ3n) is 1.96. The summed E-state index contributed by atoms with van der Waals surface area (Å²) in [6.45, 7) is 7.50. The summed E-state index contributed by atoms with van der Waals surface area (Å²) in [5.41, 5.74) is 2.78. The number of nitrogens with zero attached hydrogens (tertiary/aromatic N) is 2. The van der Waals surface area contributed by atoms with E-state index >= 15 is 0 Å². The maximum absolute atomic E-state index is 5.24. The fraction of sp³-hybridized carbons (Fsp3) is 0.600. The van der Waals surface area contributed by atoms with Crippen molar-refractivity contribution in [2.75, 3.05) is 17.3 Å². The average molecular weight is 209 g/mol. The summed E-state index contributed by atoms with van der Waals surface area (Å²) >= 11 is 0. The second-order valence-electron chi connectivity index (χ2n) is 4.67. The van der Waals surface area contributed by atoms with E-state index in [0.717, 1.165) is 18.8 Å². The molecule has 4 N–H and O–H groups in total. The number of hydrogen-bond donors (Lipinski definition) is 3. The summed E-state index contributed by atoms with van der Waals surface area (Å²) in [7, 11) is 0. The summed E-state index contributed by atoms with van der Waals surface area (Å²) in [4.78, 5) is 8.20. The minimum Gasteiger partial charge on any atom is -0.369 e. The Balaban J connectivity index is 2.44. The van der Waals surface area contributed by atoms with Gasteiger partial charge in [0, 0.05) is 6.54 Å². The second kappa shape index (κ2) is 4.93. The number of hydrazine groups is 1. The molecular weight excluding hydrogens is 190 g/mol. The van der Waals surface area contributed by atoms with E-state index in [2.05, 4.69) is 41.5 Å². The van der Waals surface area contributed by atoms with Crippen LogP contribution in [0.15, 0.2) is 12.4 Å². The third-order valence-corrected chi connectivity index (χ3v) is 1.96. The zero-order chi connectivity index (χ0) is 11.3. The molecule has 0 bridgehead atoms. The van der Waals surface area contributed by atoms with Crippen LogP contribution in [-0.2, 0) is 0 Å². The minimum atomic E-state index is 0.324. The van der Waals surface area contributed by atoms with Crippen LogP contribution < -0.4 is 16.6 Å². The van der Waals surface area contributed by atoms with Crippen LogP contribution in [0.2, 0.25) is 0 Å². The van der Waals surface area contributed by atoms with Gasteiger partial charge in [0.15, 0.2) is 5.82 Å². The molecule has 0 saturated heterocycles. The van der Waals surface area contributed by atoms with Crippen LogP contribution in [0.4, 0.5) is 11.6 Å². The molecule has 1 heterocycles. The van der Waals surface area contributed by atoms with Gasteiger partial charge in [-0.3, -0.25) is 4.98 Å². The Bertz CT molecular complexity index is 305. The Morgan fingerprint density at radius 1 is 1.27 bits per heavy atom. The fourth-order valence-corrected chi connectivity index (χ4v) is 1.09. The molecule has 0 spiro atoms. The second-order valence-corrected chi connectivity index (χ2v) is 4.67. The highest BCUT2D eigenvalue weighted by atomic mass is 15.3. The van der Waals surface area contributed by atoms with Crippen molar-refractivity contribution in [3.8, 4) is 0 Å². The Kier molecular flexibility index (Phi) is 3.85. The Morgan fingerprint density at radius 2 is 1.93 bits per heavy atom. The van der Waals surface area contributed by atoms with Gasteiger partial charge in [-0.25, -0.2) is 10.8 Å². The van der Waals surface area contributed by atoms with Crippen LogP contribution in [-0.4, -0.2) is 16.5 Å². The van der Waals surface area contributed by atoms with Crippen LogP contribution in [0, 0.1) is 5.41 Å². The molecule has 0 atom stereocenters. The lowest BCUT2D eigenvalue weighted by molar-refractivity contribution is 0.389. The molecule has 5 heteroatoms. The zero-order valence-corrected chi connectivity index (χ0v) is 9.54. The highest BCUT2D eigenvalue weighted by Crippen LogP contribution is 2.18. The first kappa shape index (κ1) is 11.7. The Labute approximate surface area is 90.5 Å². The van der Waals surface area contributed by atoms with E-state index in [0.29, 0.717) is 11.2 Å². The number of rotatable bonds is 4. The van der Waals surface area contributed by atoms with E-state index < -0.39 is 0 Å². The van der Waals surface area contributed by atoms with Crippen molar-refractivity contribution in [1.29, 1.82) is 0 Å². The van der Waals surface area contributed by atoms with Gasteiger partial charge in [-0.15, -0.1) is 0 Å². The van der Waals surface area contributed by atoms with E-state index in [9.17, 15) is 0 Å². The van der Waals surface area contributed by atoms with Crippen molar-refractivity contribution in [3.63, 3.8) is 0 Å². The van der Waals surface area contributed by atoms with Crippen molar-refractivity contribution in [2.24, 2.45) is 11.3 Å². The van der Waals surface area contributed by atoms with Crippen molar-refractivity contribution in [2.45, 2.75) is 27.2 Å². The molecule has 0 radical (unpaired) electrons. The largest absolute Gasteiger partial charge is 0.369 e. The number of nitrogen functional groups attached to an aromatic ring is 1. The number of hydrogen-bond acceptors (Lipinski definition) is 5. The summed E-state index contributed by atoms with van der Waals surface area (Å²) in [6.07, 6.45) is 4.34. The first-order valence-corrected chi connectivity index (χ1v) is 5.04. The van der Waals surface area contributed by atoms with Crippen molar-refractivity contribution >= 4 is 11.6 Å². The SMILES string of the molecule is CC(C)(C)CCNc1cncc(NN)n1. The van der Waals surface area contributed by atoms with Gasteiger partial charge in [0.25, 0.3) is 0 Å². The van der Waals surface area contributed by atoms with Gasteiger partial charge in [-0.05, 0) is 11.8 Å².